The Labute approximate surface area is 242 Å². The van der Waals surface area contributed by atoms with Crippen LogP contribution in [0.25, 0.3) is 22.4 Å². The minimum atomic E-state index is -1.31. The fraction of sp³-hybridized carbons (Fsp3) is 0.103. The molecule has 0 aliphatic rings. The van der Waals surface area contributed by atoms with E-state index in [-0.39, 0.29) is 35.2 Å². The Balaban J connectivity index is 0.00000441. The number of phenols is 1. The second-order valence-corrected chi connectivity index (χ2v) is 9.28. The molecule has 0 fully saturated rings. The number of amides is 1. The van der Waals surface area contributed by atoms with Gasteiger partial charge in [0.25, 0.3) is 5.91 Å². The number of nitrogens with zero attached hydrogens (tertiary/aromatic N) is 2. The number of ether oxygens (including phenoxy) is 1. The fourth-order valence-electron chi connectivity index (χ4n) is 3.86. The Kier molecular flexibility index (Phi) is 9.35. The quantitative estimate of drug-likeness (QED) is 0.156. The number of hydrogen-bond acceptors (Lipinski definition) is 8. The maximum atomic E-state index is 13.1. The third kappa shape index (κ3) is 6.68. The molecule has 4 aromatic rings. The monoisotopic (exact) mass is 577 g/mol. The van der Waals surface area contributed by atoms with Gasteiger partial charge in [-0.05, 0) is 73.2 Å². The molecule has 9 nitrogen and oxygen atoms in total. The zero-order valence-electron chi connectivity index (χ0n) is 21.4. The number of carbonyl (C=O) groups excluding carboxylic acids is 2. The van der Waals surface area contributed by atoms with Crippen LogP contribution in [0.15, 0.2) is 72.8 Å². The smallest absolute Gasteiger partial charge is 0.256 e. The molecule has 4 rings (SSSR count). The van der Waals surface area contributed by atoms with Crippen molar-refractivity contribution in [1.29, 1.82) is 5.26 Å². The van der Waals surface area contributed by atoms with Gasteiger partial charge in [-0.15, -0.1) is 12.4 Å². The highest BCUT2D eigenvalue weighted by molar-refractivity contribution is 6.30. The van der Waals surface area contributed by atoms with Crippen molar-refractivity contribution < 1.29 is 19.4 Å². The number of pyridine rings is 1. The van der Waals surface area contributed by atoms with Crippen LogP contribution >= 0.6 is 24.0 Å². The number of aromatic nitrogens is 1. The van der Waals surface area contributed by atoms with Gasteiger partial charge in [-0.2, -0.15) is 5.26 Å². The highest BCUT2D eigenvalue weighted by atomic mass is 35.5. The predicted molar refractivity (Wildman–Crippen MR) is 157 cm³/mol. The number of phenolic OH excluding ortho intramolecular Hbond substituents is 1. The van der Waals surface area contributed by atoms with Gasteiger partial charge < -0.3 is 26.2 Å². The summed E-state index contributed by atoms with van der Waals surface area (Å²) in [7, 11) is 1.52. The van der Waals surface area contributed by atoms with Gasteiger partial charge in [-0.3, -0.25) is 9.59 Å². The summed E-state index contributed by atoms with van der Waals surface area (Å²) >= 11 is 6.02. The van der Waals surface area contributed by atoms with Crippen molar-refractivity contribution in [2.45, 2.75) is 12.6 Å². The summed E-state index contributed by atoms with van der Waals surface area (Å²) in [5, 5.41) is 26.7. The Bertz CT molecular complexity index is 1600. The van der Waals surface area contributed by atoms with Crippen LogP contribution in [0.4, 0.5) is 11.5 Å². The molecule has 1 amide bonds. The molecule has 1 atom stereocenters. The first kappa shape index (κ1) is 29.9. The van der Waals surface area contributed by atoms with Gasteiger partial charge in [-0.1, -0.05) is 23.7 Å². The Morgan fingerprint density at radius 3 is 2.48 bits per heavy atom. The molecule has 0 aliphatic carbocycles. The summed E-state index contributed by atoms with van der Waals surface area (Å²) < 4.78 is 5.15. The highest BCUT2D eigenvalue weighted by Gasteiger charge is 2.21. The van der Waals surface area contributed by atoms with Crippen LogP contribution in [0.3, 0.4) is 0 Å². The van der Waals surface area contributed by atoms with Crippen LogP contribution in [0.5, 0.6) is 11.5 Å². The Hall–Kier alpha value is -4.62. The number of nitrogens with two attached hydrogens (primary N) is 1. The summed E-state index contributed by atoms with van der Waals surface area (Å²) in [5.41, 5.74) is 7.21. The van der Waals surface area contributed by atoms with Gasteiger partial charge in [0.1, 0.15) is 28.8 Å². The summed E-state index contributed by atoms with van der Waals surface area (Å²) in [6, 6.07) is 21.7. The number of methoxy groups -OCH3 is 1. The molecule has 1 heterocycles. The average molecular weight is 578 g/mol. The van der Waals surface area contributed by atoms with E-state index in [0.29, 0.717) is 45.0 Å². The average Bonchev–Trinajstić information content (AvgIpc) is 2.92. The minimum Gasteiger partial charge on any atom is -0.507 e. The lowest BCUT2D eigenvalue weighted by Gasteiger charge is -2.21. The summed E-state index contributed by atoms with van der Waals surface area (Å²) in [5.74, 6) is -0.0413. The van der Waals surface area contributed by atoms with Gasteiger partial charge in [0.2, 0.25) is 0 Å². The van der Waals surface area contributed by atoms with E-state index in [0.717, 1.165) is 0 Å². The molecule has 5 N–H and O–H groups in total. The Morgan fingerprint density at radius 1 is 1.12 bits per heavy atom. The number of nitriles is 1. The standard InChI is InChI=1S/C29H24ClN5O4.ClH/c1-29(32,16-36)35-20-5-3-4-18(12-20)23-14-25(22-11-8-19(30)13-26(22)37)33-27(24(23)15-31)34-28(38)17-6-9-21(39-2)10-7-17;/h3-14,16,35,37H,32H2,1-2H3,(H,33,34,38);1H/t29-;/m0./s1. The molecular formula is C29H25Cl2N5O4. The number of nitrogens with one attached hydrogen (secondary N) is 2. The topological polar surface area (TPSA) is 150 Å². The first-order valence-electron chi connectivity index (χ1n) is 11.7. The number of carbonyl (C=O) groups is 2. The molecule has 3 aromatic carbocycles. The van der Waals surface area contributed by atoms with Crippen LogP contribution in [-0.2, 0) is 4.79 Å². The van der Waals surface area contributed by atoms with Crippen molar-refractivity contribution in [1.82, 2.24) is 4.98 Å². The number of rotatable bonds is 8. The molecule has 0 bridgehead atoms. The molecular weight excluding hydrogens is 553 g/mol. The van der Waals surface area contributed by atoms with E-state index in [9.17, 15) is 20.0 Å². The van der Waals surface area contributed by atoms with Crippen molar-refractivity contribution >= 4 is 47.7 Å². The van der Waals surface area contributed by atoms with Crippen LogP contribution in [0.2, 0.25) is 5.02 Å². The van der Waals surface area contributed by atoms with E-state index in [4.69, 9.17) is 22.1 Å². The van der Waals surface area contributed by atoms with Gasteiger partial charge in [0.15, 0.2) is 12.1 Å². The van der Waals surface area contributed by atoms with Crippen LogP contribution < -0.4 is 21.1 Å². The Morgan fingerprint density at radius 2 is 1.85 bits per heavy atom. The van der Waals surface area contributed by atoms with Gasteiger partial charge in [0, 0.05) is 27.4 Å². The van der Waals surface area contributed by atoms with E-state index in [1.807, 2.05) is 0 Å². The van der Waals surface area contributed by atoms with Crippen LogP contribution in [0, 0.1) is 11.3 Å². The largest absolute Gasteiger partial charge is 0.507 e. The third-order valence-corrected chi connectivity index (χ3v) is 6.02. The SMILES string of the molecule is COc1ccc(C(=O)Nc2nc(-c3ccc(Cl)cc3O)cc(-c3cccc(N[C@](C)(N)C=O)c3)c2C#N)cc1.Cl. The van der Waals surface area contributed by atoms with Crippen molar-refractivity contribution in [3.05, 3.63) is 88.9 Å². The van der Waals surface area contributed by atoms with E-state index >= 15 is 0 Å². The number of benzene rings is 3. The molecule has 0 aliphatic heterocycles. The van der Waals surface area contributed by atoms with Gasteiger partial charge in [-0.25, -0.2) is 4.98 Å². The lowest BCUT2D eigenvalue weighted by atomic mass is 9.97. The number of halogens is 2. The second-order valence-electron chi connectivity index (χ2n) is 8.84. The summed E-state index contributed by atoms with van der Waals surface area (Å²) in [6.07, 6.45) is 0.584. The minimum absolute atomic E-state index is 0. The maximum Gasteiger partial charge on any atom is 0.256 e. The van der Waals surface area contributed by atoms with Crippen LogP contribution in [-0.4, -0.2) is 35.1 Å². The van der Waals surface area contributed by atoms with Crippen molar-refractivity contribution in [3.63, 3.8) is 0 Å². The van der Waals surface area contributed by atoms with E-state index in [2.05, 4.69) is 21.7 Å². The first-order valence-corrected chi connectivity index (χ1v) is 12.0. The molecule has 0 saturated carbocycles. The van der Waals surface area contributed by atoms with Gasteiger partial charge in [0.05, 0.1) is 12.8 Å². The molecule has 11 heteroatoms. The molecule has 0 saturated heterocycles. The molecule has 0 unspecified atom stereocenters. The number of aromatic hydroxyl groups is 1. The highest BCUT2D eigenvalue weighted by Crippen LogP contribution is 2.37. The lowest BCUT2D eigenvalue weighted by Crippen LogP contribution is -2.46. The first-order chi connectivity index (χ1) is 18.6. The molecule has 1 aromatic heterocycles. The number of aldehydes is 1. The molecule has 204 valence electrons. The van der Waals surface area contributed by atoms with Crippen molar-refractivity contribution in [2.75, 3.05) is 17.7 Å². The summed E-state index contributed by atoms with van der Waals surface area (Å²) in [6.45, 7) is 1.52. The summed E-state index contributed by atoms with van der Waals surface area (Å²) in [4.78, 5) is 29.0. The van der Waals surface area contributed by atoms with Crippen LogP contribution in [0.1, 0.15) is 22.8 Å². The van der Waals surface area contributed by atoms with Crippen molar-refractivity contribution in [3.8, 4) is 40.0 Å². The zero-order chi connectivity index (χ0) is 28.2. The third-order valence-electron chi connectivity index (χ3n) is 5.78. The van der Waals surface area contributed by atoms with E-state index in [1.54, 1.807) is 66.7 Å². The van der Waals surface area contributed by atoms with E-state index in [1.165, 1.54) is 20.1 Å². The number of anilines is 2. The fourth-order valence-corrected chi connectivity index (χ4v) is 4.03. The number of hydrogen-bond donors (Lipinski definition) is 4. The predicted octanol–water partition coefficient (Wildman–Crippen LogP) is 5.61. The maximum absolute atomic E-state index is 13.1. The lowest BCUT2D eigenvalue weighted by molar-refractivity contribution is -0.111. The molecule has 0 spiro atoms. The molecule has 0 radical (unpaired) electrons. The zero-order valence-corrected chi connectivity index (χ0v) is 23.0. The van der Waals surface area contributed by atoms with E-state index < -0.39 is 11.6 Å². The normalized spacial score (nSPS) is 11.8. The molecule has 40 heavy (non-hydrogen) atoms. The van der Waals surface area contributed by atoms with Gasteiger partial charge >= 0.3 is 0 Å². The van der Waals surface area contributed by atoms with Crippen molar-refractivity contribution in [2.24, 2.45) is 5.73 Å². The second kappa shape index (κ2) is 12.5.